The summed E-state index contributed by atoms with van der Waals surface area (Å²) in [6, 6.07) is 0. The summed E-state index contributed by atoms with van der Waals surface area (Å²) in [4.78, 5) is 10.6. The molecule has 0 bridgehead atoms. The van der Waals surface area contributed by atoms with Gasteiger partial charge in [0.1, 0.15) is 6.61 Å². The van der Waals surface area contributed by atoms with Crippen molar-refractivity contribution in [2.24, 2.45) is 0 Å². The Morgan fingerprint density at radius 3 is 0.614 bits per heavy atom. The van der Waals surface area contributed by atoms with E-state index in [0.717, 1.165) is 0 Å². The first kappa shape index (κ1) is 43.0. The summed E-state index contributed by atoms with van der Waals surface area (Å²) in [5, 5.41) is 0. The molecule has 0 saturated carbocycles. The van der Waals surface area contributed by atoms with Gasteiger partial charge in [0, 0.05) is 14.0 Å². The van der Waals surface area contributed by atoms with Crippen molar-refractivity contribution in [1.82, 2.24) is 0 Å². The van der Waals surface area contributed by atoms with Crippen LogP contribution in [-0.4, -0.2) is 185 Å². The molecule has 0 N–H and O–H groups in total. The summed E-state index contributed by atoms with van der Waals surface area (Å²) in [6.07, 6.45) is 0. The van der Waals surface area contributed by atoms with Crippen LogP contribution in [0.25, 0.3) is 0 Å². The predicted octanol–water partition coefficient (Wildman–Crippen LogP) is 0.395. The molecule has 0 rings (SSSR count). The van der Waals surface area contributed by atoms with Gasteiger partial charge >= 0.3 is 5.97 Å². The van der Waals surface area contributed by atoms with Gasteiger partial charge in [-0.05, 0) is 0 Å². The number of esters is 1. The number of ether oxygens (including phenoxy) is 14. The van der Waals surface area contributed by atoms with E-state index in [1.165, 1.54) is 6.92 Å². The fraction of sp³-hybridized carbons (Fsp3) is 0.966. The third-order valence-electron chi connectivity index (χ3n) is 5.06. The van der Waals surface area contributed by atoms with E-state index in [2.05, 4.69) is 0 Å². The van der Waals surface area contributed by atoms with Crippen LogP contribution in [0.1, 0.15) is 6.92 Å². The normalized spacial score (nSPS) is 11.4. The summed E-state index contributed by atoms with van der Waals surface area (Å²) in [5.74, 6) is -0.312. The first-order valence-corrected chi connectivity index (χ1v) is 15.3. The third-order valence-corrected chi connectivity index (χ3v) is 5.06. The van der Waals surface area contributed by atoms with Gasteiger partial charge in [0.25, 0.3) is 0 Å². The zero-order valence-corrected chi connectivity index (χ0v) is 27.0. The van der Waals surface area contributed by atoms with E-state index >= 15 is 0 Å². The average Bonchev–Trinajstić information content (AvgIpc) is 3.02. The van der Waals surface area contributed by atoms with Crippen molar-refractivity contribution in [2.45, 2.75) is 6.92 Å². The molecule has 0 fully saturated rings. The number of carbonyl (C=O) groups excluding carboxylic acids is 1. The Hall–Kier alpha value is -1.05. The van der Waals surface area contributed by atoms with Gasteiger partial charge in [-0.2, -0.15) is 0 Å². The first-order valence-electron chi connectivity index (χ1n) is 15.3. The molecule has 0 amide bonds. The van der Waals surface area contributed by atoms with Crippen LogP contribution in [0.5, 0.6) is 0 Å². The van der Waals surface area contributed by atoms with Crippen molar-refractivity contribution in [1.29, 1.82) is 0 Å². The molecule has 15 nitrogen and oxygen atoms in total. The second-order valence-corrected chi connectivity index (χ2v) is 8.68. The Kier molecular flexibility index (Phi) is 39.0. The van der Waals surface area contributed by atoms with Crippen molar-refractivity contribution in [2.75, 3.05) is 179 Å². The maximum Gasteiger partial charge on any atom is 0.302 e. The molecule has 0 unspecified atom stereocenters. The largest absolute Gasteiger partial charge is 0.463 e. The molecule has 0 aliphatic heterocycles. The summed E-state index contributed by atoms with van der Waals surface area (Å²) in [6.45, 7) is 14.2. The van der Waals surface area contributed by atoms with Crippen LogP contribution >= 0.6 is 0 Å². The molecular formula is C29H58O15. The van der Waals surface area contributed by atoms with Gasteiger partial charge in [0.05, 0.1) is 165 Å². The molecular weight excluding hydrogens is 588 g/mol. The molecule has 264 valence electrons. The van der Waals surface area contributed by atoms with E-state index in [0.29, 0.717) is 165 Å². The molecule has 0 spiro atoms. The van der Waals surface area contributed by atoms with Gasteiger partial charge < -0.3 is 66.3 Å². The lowest BCUT2D eigenvalue weighted by molar-refractivity contribution is -0.142. The minimum absolute atomic E-state index is 0.257. The number of hydrogen-bond acceptors (Lipinski definition) is 15. The number of methoxy groups -OCH3 is 1. The highest BCUT2D eigenvalue weighted by Crippen LogP contribution is 1.87. The highest BCUT2D eigenvalue weighted by molar-refractivity contribution is 5.65. The summed E-state index contributed by atoms with van der Waals surface area (Å²) >= 11 is 0. The Bertz CT molecular complexity index is 545. The van der Waals surface area contributed by atoms with Crippen molar-refractivity contribution in [3.63, 3.8) is 0 Å². The second kappa shape index (κ2) is 40.0. The van der Waals surface area contributed by atoms with Gasteiger partial charge in [0.2, 0.25) is 0 Å². The summed E-state index contributed by atoms with van der Waals surface area (Å²) < 4.78 is 74.5. The Morgan fingerprint density at radius 1 is 0.295 bits per heavy atom. The Labute approximate surface area is 263 Å². The molecule has 0 aromatic heterocycles. The highest BCUT2D eigenvalue weighted by atomic mass is 16.6. The molecule has 0 aromatic rings. The standard InChI is InChI=1S/C29H58O15/c1-29(30)44-28-27-43-26-25-42-24-23-41-22-21-40-20-19-39-18-17-38-16-15-37-14-13-36-12-11-35-10-9-34-8-7-33-6-5-32-4-3-31-2/h3-28H2,1-2H3. The van der Waals surface area contributed by atoms with Crippen LogP contribution in [0, 0.1) is 0 Å². The highest BCUT2D eigenvalue weighted by Gasteiger charge is 1.97. The first-order chi connectivity index (χ1) is 21.8. The van der Waals surface area contributed by atoms with Gasteiger partial charge in [-0.1, -0.05) is 0 Å². The lowest BCUT2D eigenvalue weighted by atomic mass is 10.6. The van der Waals surface area contributed by atoms with Crippen molar-refractivity contribution in [3.05, 3.63) is 0 Å². The quantitative estimate of drug-likeness (QED) is 0.0670. The predicted molar refractivity (Wildman–Crippen MR) is 158 cm³/mol. The summed E-state index contributed by atoms with van der Waals surface area (Å²) in [5.41, 5.74) is 0. The third kappa shape index (κ3) is 41.0. The van der Waals surface area contributed by atoms with E-state index in [-0.39, 0.29) is 12.6 Å². The van der Waals surface area contributed by atoms with Crippen molar-refractivity contribution >= 4 is 5.97 Å². The van der Waals surface area contributed by atoms with E-state index in [4.69, 9.17) is 66.3 Å². The molecule has 0 saturated heterocycles. The molecule has 15 heteroatoms. The van der Waals surface area contributed by atoms with Gasteiger partial charge in [-0.15, -0.1) is 0 Å². The number of rotatable bonds is 39. The van der Waals surface area contributed by atoms with E-state index in [1.807, 2.05) is 0 Å². The Morgan fingerprint density at radius 2 is 0.455 bits per heavy atom. The van der Waals surface area contributed by atoms with Gasteiger partial charge in [-0.25, -0.2) is 0 Å². The molecule has 0 aliphatic rings. The van der Waals surface area contributed by atoms with E-state index in [9.17, 15) is 4.79 Å². The molecule has 44 heavy (non-hydrogen) atoms. The van der Waals surface area contributed by atoms with Crippen molar-refractivity contribution in [3.8, 4) is 0 Å². The van der Waals surface area contributed by atoms with E-state index < -0.39 is 0 Å². The molecule has 0 radical (unpaired) electrons. The SMILES string of the molecule is COCCOCCOCCOCCOCCOCCOCCOCCOCCOCCOCCOCCOCCOC(C)=O. The topological polar surface area (TPSA) is 146 Å². The minimum atomic E-state index is -0.312. The number of carbonyl (C=O) groups is 1. The van der Waals surface area contributed by atoms with Gasteiger partial charge in [0.15, 0.2) is 0 Å². The van der Waals surface area contributed by atoms with Crippen LogP contribution in [0.4, 0.5) is 0 Å². The lowest BCUT2D eigenvalue weighted by Crippen LogP contribution is -2.15. The molecule has 0 aliphatic carbocycles. The molecule has 0 atom stereocenters. The van der Waals surface area contributed by atoms with Crippen LogP contribution in [0.2, 0.25) is 0 Å². The maximum absolute atomic E-state index is 10.6. The number of hydrogen-bond donors (Lipinski definition) is 0. The monoisotopic (exact) mass is 646 g/mol. The smallest absolute Gasteiger partial charge is 0.302 e. The van der Waals surface area contributed by atoms with Gasteiger partial charge in [-0.3, -0.25) is 4.79 Å². The van der Waals surface area contributed by atoms with Crippen LogP contribution < -0.4 is 0 Å². The zero-order chi connectivity index (χ0) is 31.9. The lowest BCUT2D eigenvalue weighted by Gasteiger charge is -2.09. The molecule has 0 aromatic carbocycles. The average molecular weight is 647 g/mol. The van der Waals surface area contributed by atoms with Crippen LogP contribution in [0.3, 0.4) is 0 Å². The van der Waals surface area contributed by atoms with Crippen molar-refractivity contribution < 1.29 is 71.1 Å². The zero-order valence-electron chi connectivity index (χ0n) is 27.0. The maximum atomic E-state index is 10.6. The molecule has 0 heterocycles. The van der Waals surface area contributed by atoms with Crippen LogP contribution in [0.15, 0.2) is 0 Å². The fourth-order valence-corrected chi connectivity index (χ4v) is 2.91. The summed E-state index contributed by atoms with van der Waals surface area (Å²) in [7, 11) is 1.64. The fourth-order valence-electron chi connectivity index (χ4n) is 2.91. The second-order valence-electron chi connectivity index (χ2n) is 8.68. The van der Waals surface area contributed by atoms with E-state index in [1.54, 1.807) is 7.11 Å². The minimum Gasteiger partial charge on any atom is -0.463 e. The van der Waals surface area contributed by atoms with Crippen LogP contribution in [-0.2, 0) is 71.1 Å². The Balaban J connectivity index is 3.04.